The Labute approximate surface area is 117 Å². The highest BCUT2D eigenvalue weighted by Gasteiger charge is 2.20. The van der Waals surface area contributed by atoms with Crippen LogP contribution in [0.5, 0.6) is 0 Å². The summed E-state index contributed by atoms with van der Waals surface area (Å²) >= 11 is 1.75. The molecule has 0 unspecified atom stereocenters. The molecule has 4 nitrogen and oxygen atoms in total. The van der Waals surface area contributed by atoms with Gasteiger partial charge < -0.3 is 9.88 Å². The summed E-state index contributed by atoms with van der Waals surface area (Å²) in [6.07, 6.45) is 8.75. The molecular formula is C14H20N4S. The molecule has 19 heavy (non-hydrogen) atoms. The first-order valence-electron chi connectivity index (χ1n) is 7.02. The number of imidazole rings is 1. The lowest BCUT2D eigenvalue weighted by Gasteiger charge is -2.04. The van der Waals surface area contributed by atoms with E-state index in [2.05, 4.69) is 27.2 Å². The Morgan fingerprint density at radius 1 is 1.47 bits per heavy atom. The van der Waals surface area contributed by atoms with Gasteiger partial charge in [0, 0.05) is 36.8 Å². The number of aromatic nitrogens is 3. The smallest absolute Gasteiger partial charge is 0.108 e. The van der Waals surface area contributed by atoms with E-state index in [1.165, 1.54) is 17.8 Å². The summed E-state index contributed by atoms with van der Waals surface area (Å²) in [5.74, 6) is 1.16. The van der Waals surface area contributed by atoms with Crippen LogP contribution in [-0.4, -0.2) is 20.6 Å². The lowest BCUT2D eigenvalue weighted by atomic mass is 10.3. The molecule has 0 amide bonds. The van der Waals surface area contributed by atoms with Gasteiger partial charge in [0.15, 0.2) is 0 Å². The fraction of sp³-hybridized carbons (Fsp3) is 0.571. The quantitative estimate of drug-likeness (QED) is 0.845. The SMILES string of the molecule is CCCc1nccn1Cc1csc(CNC2CC2)n1. The van der Waals surface area contributed by atoms with E-state index in [0.29, 0.717) is 0 Å². The summed E-state index contributed by atoms with van der Waals surface area (Å²) in [6, 6.07) is 0.747. The molecule has 0 bridgehead atoms. The van der Waals surface area contributed by atoms with E-state index in [4.69, 9.17) is 4.98 Å². The van der Waals surface area contributed by atoms with E-state index in [1.807, 2.05) is 12.4 Å². The first kappa shape index (κ1) is 12.8. The third-order valence-electron chi connectivity index (χ3n) is 3.33. The molecule has 2 heterocycles. The second-order valence-electron chi connectivity index (χ2n) is 5.11. The lowest BCUT2D eigenvalue weighted by Crippen LogP contribution is -2.15. The average Bonchev–Trinajstić information content (AvgIpc) is 2.98. The van der Waals surface area contributed by atoms with E-state index >= 15 is 0 Å². The molecule has 0 saturated heterocycles. The van der Waals surface area contributed by atoms with Gasteiger partial charge in [-0.25, -0.2) is 9.97 Å². The number of hydrogen-bond donors (Lipinski definition) is 1. The van der Waals surface area contributed by atoms with E-state index in [-0.39, 0.29) is 0 Å². The van der Waals surface area contributed by atoms with E-state index in [1.54, 1.807) is 11.3 Å². The van der Waals surface area contributed by atoms with Gasteiger partial charge in [0.05, 0.1) is 12.2 Å². The topological polar surface area (TPSA) is 42.7 Å². The Balaban J connectivity index is 1.60. The summed E-state index contributed by atoms with van der Waals surface area (Å²) in [7, 11) is 0. The van der Waals surface area contributed by atoms with Crippen molar-refractivity contribution in [3.63, 3.8) is 0 Å². The lowest BCUT2D eigenvalue weighted by molar-refractivity contribution is 0.671. The van der Waals surface area contributed by atoms with E-state index in [0.717, 1.165) is 43.5 Å². The summed E-state index contributed by atoms with van der Waals surface area (Å²) in [5.41, 5.74) is 1.15. The van der Waals surface area contributed by atoms with Gasteiger partial charge in [-0.3, -0.25) is 0 Å². The maximum absolute atomic E-state index is 4.69. The number of nitrogens with one attached hydrogen (secondary N) is 1. The van der Waals surface area contributed by atoms with Crippen LogP contribution in [0.25, 0.3) is 0 Å². The van der Waals surface area contributed by atoms with Crippen LogP contribution < -0.4 is 5.32 Å². The van der Waals surface area contributed by atoms with Gasteiger partial charge in [-0.2, -0.15) is 0 Å². The normalized spacial score (nSPS) is 15.0. The molecule has 2 aromatic heterocycles. The molecule has 1 aliphatic carbocycles. The van der Waals surface area contributed by atoms with Gasteiger partial charge in [0.1, 0.15) is 10.8 Å². The fourth-order valence-corrected chi connectivity index (χ4v) is 2.87. The molecule has 2 aromatic rings. The minimum Gasteiger partial charge on any atom is -0.329 e. The van der Waals surface area contributed by atoms with Gasteiger partial charge in [0.25, 0.3) is 0 Å². The molecule has 1 fully saturated rings. The zero-order valence-corrected chi connectivity index (χ0v) is 12.1. The minimum atomic E-state index is 0.747. The van der Waals surface area contributed by atoms with Crippen LogP contribution in [0.15, 0.2) is 17.8 Å². The second-order valence-corrected chi connectivity index (χ2v) is 6.05. The highest BCUT2D eigenvalue weighted by Crippen LogP contribution is 2.20. The van der Waals surface area contributed by atoms with Crippen molar-refractivity contribution in [2.75, 3.05) is 0 Å². The molecule has 1 saturated carbocycles. The van der Waals surface area contributed by atoms with Crippen molar-refractivity contribution < 1.29 is 0 Å². The maximum atomic E-state index is 4.69. The van der Waals surface area contributed by atoms with Crippen molar-refractivity contribution in [3.8, 4) is 0 Å². The molecule has 0 aromatic carbocycles. The highest BCUT2D eigenvalue weighted by atomic mass is 32.1. The maximum Gasteiger partial charge on any atom is 0.108 e. The first-order valence-corrected chi connectivity index (χ1v) is 7.90. The predicted octanol–water partition coefficient (Wildman–Crippen LogP) is 2.59. The fourth-order valence-electron chi connectivity index (χ4n) is 2.13. The van der Waals surface area contributed by atoms with Crippen molar-refractivity contribution in [1.29, 1.82) is 0 Å². The molecule has 0 aliphatic heterocycles. The van der Waals surface area contributed by atoms with E-state index in [9.17, 15) is 0 Å². The average molecular weight is 276 g/mol. The largest absolute Gasteiger partial charge is 0.329 e. The molecular weight excluding hydrogens is 256 g/mol. The van der Waals surface area contributed by atoms with Crippen molar-refractivity contribution >= 4 is 11.3 Å². The van der Waals surface area contributed by atoms with Gasteiger partial charge >= 0.3 is 0 Å². The number of thiazole rings is 1. The summed E-state index contributed by atoms with van der Waals surface area (Å²) in [4.78, 5) is 9.10. The number of hydrogen-bond acceptors (Lipinski definition) is 4. The third kappa shape index (κ3) is 3.42. The third-order valence-corrected chi connectivity index (χ3v) is 4.22. The van der Waals surface area contributed by atoms with Crippen molar-refractivity contribution in [3.05, 3.63) is 34.3 Å². The number of nitrogens with zero attached hydrogens (tertiary/aromatic N) is 3. The van der Waals surface area contributed by atoms with Crippen molar-refractivity contribution in [1.82, 2.24) is 19.9 Å². The Morgan fingerprint density at radius 2 is 2.37 bits per heavy atom. The molecule has 1 N–H and O–H groups in total. The minimum absolute atomic E-state index is 0.747. The molecule has 102 valence electrons. The zero-order chi connectivity index (χ0) is 13.1. The van der Waals surface area contributed by atoms with Crippen LogP contribution in [0.1, 0.15) is 42.7 Å². The predicted molar refractivity (Wildman–Crippen MR) is 77.3 cm³/mol. The highest BCUT2D eigenvalue weighted by molar-refractivity contribution is 7.09. The van der Waals surface area contributed by atoms with Crippen molar-refractivity contribution in [2.45, 2.75) is 51.7 Å². The molecule has 1 aliphatic rings. The van der Waals surface area contributed by atoms with Crippen molar-refractivity contribution in [2.24, 2.45) is 0 Å². The zero-order valence-electron chi connectivity index (χ0n) is 11.3. The van der Waals surface area contributed by atoms with Crippen LogP contribution in [0.3, 0.4) is 0 Å². The first-order chi connectivity index (χ1) is 9.35. The monoisotopic (exact) mass is 276 g/mol. The molecule has 0 atom stereocenters. The summed E-state index contributed by atoms with van der Waals surface area (Å²) in [5, 5.41) is 6.87. The molecule has 0 radical (unpaired) electrons. The number of aryl methyl sites for hydroxylation is 1. The van der Waals surface area contributed by atoms with Gasteiger partial charge in [-0.15, -0.1) is 11.3 Å². The van der Waals surface area contributed by atoms with Crippen LogP contribution in [0, 0.1) is 0 Å². The van der Waals surface area contributed by atoms with Gasteiger partial charge in [0.2, 0.25) is 0 Å². The standard InChI is InChI=1S/C14H20N4S/c1-2-3-13-15-6-7-18(13)9-12-10-19-14(17-12)8-16-11-4-5-11/h6-7,10-11,16H,2-5,8-9H2,1H3. The molecule has 5 heteroatoms. The van der Waals surface area contributed by atoms with Gasteiger partial charge in [-0.05, 0) is 19.3 Å². The Kier molecular flexibility index (Phi) is 3.94. The van der Waals surface area contributed by atoms with Crippen LogP contribution >= 0.6 is 11.3 Å². The van der Waals surface area contributed by atoms with E-state index < -0.39 is 0 Å². The molecule has 3 rings (SSSR count). The second kappa shape index (κ2) is 5.84. The Bertz CT molecular complexity index is 527. The van der Waals surface area contributed by atoms with Crippen LogP contribution in [0.4, 0.5) is 0 Å². The number of rotatable bonds is 7. The summed E-state index contributed by atoms with van der Waals surface area (Å²) < 4.78 is 2.21. The van der Waals surface area contributed by atoms with Crippen LogP contribution in [0.2, 0.25) is 0 Å². The summed E-state index contributed by atoms with van der Waals surface area (Å²) in [6.45, 7) is 3.94. The molecule has 0 spiro atoms. The van der Waals surface area contributed by atoms with Crippen LogP contribution in [-0.2, 0) is 19.5 Å². The van der Waals surface area contributed by atoms with Gasteiger partial charge in [-0.1, -0.05) is 6.92 Å². The Morgan fingerprint density at radius 3 is 3.16 bits per heavy atom. The Hall–Kier alpha value is -1.20.